The topological polar surface area (TPSA) is 20.7 Å². The zero-order valence-electron chi connectivity index (χ0n) is 9.35. The Hall–Kier alpha value is -0.570. The van der Waals surface area contributed by atoms with Crippen molar-refractivity contribution < 1.29 is 0 Å². The molecule has 1 N–H and O–H groups in total. The van der Waals surface area contributed by atoms with Gasteiger partial charge in [0.15, 0.2) is 4.77 Å². The van der Waals surface area contributed by atoms with Gasteiger partial charge in [-0.3, -0.25) is 0 Å². The molecular weight excluding hydrogens is 192 g/mol. The van der Waals surface area contributed by atoms with E-state index >= 15 is 0 Å². The molecule has 1 fully saturated rings. The highest BCUT2D eigenvalue weighted by molar-refractivity contribution is 7.71. The first-order valence-electron chi connectivity index (χ1n) is 5.16. The van der Waals surface area contributed by atoms with E-state index in [4.69, 9.17) is 12.2 Å². The van der Waals surface area contributed by atoms with Crippen LogP contribution >= 0.6 is 12.2 Å². The first-order valence-corrected chi connectivity index (χ1v) is 5.57. The Morgan fingerprint density at radius 1 is 1.43 bits per heavy atom. The summed E-state index contributed by atoms with van der Waals surface area (Å²) in [5.41, 5.74) is 1.78. The summed E-state index contributed by atoms with van der Waals surface area (Å²) >= 11 is 5.34. The Morgan fingerprint density at radius 3 is 2.43 bits per heavy atom. The Labute approximate surface area is 90.3 Å². The Kier molecular flexibility index (Phi) is 1.94. The fraction of sp³-hybridized carbons (Fsp3) is 0.727. The minimum absolute atomic E-state index is 0.166. The number of hydrogen-bond acceptors (Lipinski definition) is 1. The van der Waals surface area contributed by atoms with E-state index in [0.717, 1.165) is 4.77 Å². The number of aromatic nitrogens is 2. The zero-order valence-corrected chi connectivity index (χ0v) is 10.2. The number of nitrogens with zero attached hydrogens (tertiary/aromatic N) is 1. The smallest absolute Gasteiger partial charge is 0.177 e. The van der Waals surface area contributed by atoms with Crippen LogP contribution in [0.3, 0.4) is 0 Å². The first kappa shape index (κ1) is 9.97. The molecule has 1 aromatic rings. The summed E-state index contributed by atoms with van der Waals surface area (Å²) in [5.74, 6) is 0. The van der Waals surface area contributed by atoms with Gasteiger partial charge in [-0.05, 0) is 32.0 Å². The molecule has 78 valence electrons. The van der Waals surface area contributed by atoms with Crippen LogP contribution in [-0.2, 0) is 11.0 Å². The van der Waals surface area contributed by atoms with E-state index in [1.807, 2.05) is 0 Å². The molecule has 1 aliphatic carbocycles. The molecule has 0 radical (unpaired) electrons. The maximum absolute atomic E-state index is 5.34. The first-order chi connectivity index (χ1) is 6.34. The molecule has 0 unspecified atom stereocenters. The summed E-state index contributed by atoms with van der Waals surface area (Å²) in [7, 11) is 0. The normalized spacial score (nSPS) is 19.7. The van der Waals surface area contributed by atoms with Crippen LogP contribution in [-0.4, -0.2) is 9.55 Å². The number of rotatable bonds is 1. The van der Waals surface area contributed by atoms with Crippen molar-refractivity contribution in [2.75, 3.05) is 0 Å². The van der Waals surface area contributed by atoms with Crippen molar-refractivity contribution in [1.29, 1.82) is 0 Å². The van der Waals surface area contributed by atoms with E-state index in [2.05, 4.69) is 43.4 Å². The van der Waals surface area contributed by atoms with Crippen molar-refractivity contribution >= 4 is 12.2 Å². The molecule has 2 nitrogen and oxygen atoms in total. The van der Waals surface area contributed by atoms with Gasteiger partial charge in [0, 0.05) is 22.8 Å². The molecule has 0 saturated heterocycles. The van der Waals surface area contributed by atoms with Gasteiger partial charge in [-0.1, -0.05) is 20.8 Å². The Balaban J connectivity index is 2.58. The Bertz CT molecular complexity index is 402. The van der Waals surface area contributed by atoms with E-state index < -0.39 is 0 Å². The molecular formula is C11H18N2S. The third-order valence-electron chi connectivity index (χ3n) is 3.06. The van der Waals surface area contributed by atoms with Gasteiger partial charge >= 0.3 is 0 Å². The average molecular weight is 210 g/mol. The van der Waals surface area contributed by atoms with Crippen molar-refractivity contribution in [1.82, 2.24) is 9.55 Å². The molecule has 0 aliphatic heterocycles. The predicted molar refractivity (Wildman–Crippen MR) is 61.2 cm³/mol. The third-order valence-corrected chi connectivity index (χ3v) is 3.36. The molecule has 1 saturated carbocycles. The van der Waals surface area contributed by atoms with Crippen molar-refractivity contribution in [3.8, 4) is 0 Å². The van der Waals surface area contributed by atoms with Crippen LogP contribution in [0.5, 0.6) is 0 Å². The minimum Gasteiger partial charge on any atom is -0.337 e. The minimum atomic E-state index is 0.166. The van der Waals surface area contributed by atoms with E-state index in [1.165, 1.54) is 18.5 Å². The number of H-pyrrole nitrogens is 1. The van der Waals surface area contributed by atoms with Crippen LogP contribution in [0.1, 0.15) is 46.2 Å². The van der Waals surface area contributed by atoms with Gasteiger partial charge in [-0.2, -0.15) is 0 Å². The standard InChI is InChI=1S/C11H18N2S/c1-10(2,3)8-7-12-9(14)13(8)11(4)5-6-11/h7H,5-6H2,1-4H3,(H,12,14). The van der Waals surface area contributed by atoms with Gasteiger partial charge in [0.1, 0.15) is 0 Å². The third kappa shape index (κ3) is 1.44. The molecule has 2 rings (SSSR count). The summed E-state index contributed by atoms with van der Waals surface area (Å²) in [6.07, 6.45) is 4.57. The van der Waals surface area contributed by atoms with Crippen LogP contribution < -0.4 is 0 Å². The highest BCUT2D eigenvalue weighted by Gasteiger charge is 2.42. The maximum atomic E-state index is 5.34. The van der Waals surface area contributed by atoms with Crippen molar-refractivity contribution in [2.45, 2.75) is 51.5 Å². The van der Waals surface area contributed by atoms with Crippen molar-refractivity contribution in [2.24, 2.45) is 0 Å². The van der Waals surface area contributed by atoms with Crippen LogP contribution in [0, 0.1) is 4.77 Å². The van der Waals surface area contributed by atoms with Gasteiger partial charge < -0.3 is 9.55 Å². The fourth-order valence-electron chi connectivity index (χ4n) is 1.86. The van der Waals surface area contributed by atoms with Gasteiger partial charge in [0.2, 0.25) is 0 Å². The highest BCUT2D eigenvalue weighted by Crippen LogP contribution is 2.45. The second kappa shape index (κ2) is 2.72. The molecule has 0 aromatic carbocycles. The van der Waals surface area contributed by atoms with E-state index in [0.29, 0.717) is 5.54 Å². The summed E-state index contributed by atoms with van der Waals surface area (Å²) in [5, 5.41) is 0. The molecule has 3 heteroatoms. The average Bonchev–Trinajstić information content (AvgIpc) is 2.60. The second-order valence-electron chi connectivity index (χ2n) is 5.56. The SMILES string of the molecule is CC(C)(C)c1c[nH]c(=S)n1C1(C)CC1. The molecule has 0 atom stereocenters. The van der Waals surface area contributed by atoms with Crippen molar-refractivity contribution in [3.63, 3.8) is 0 Å². The predicted octanol–water partition coefficient (Wildman–Crippen LogP) is 3.35. The van der Waals surface area contributed by atoms with Crippen molar-refractivity contribution in [3.05, 3.63) is 16.7 Å². The van der Waals surface area contributed by atoms with E-state index in [9.17, 15) is 0 Å². The molecule has 0 amide bonds. The quantitative estimate of drug-likeness (QED) is 0.705. The van der Waals surface area contributed by atoms with E-state index in [-0.39, 0.29) is 5.41 Å². The lowest BCUT2D eigenvalue weighted by Crippen LogP contribution is -2.23. The maximum Gasteiger partial charge on any atom is 0.177 e. The molecule has 0 spiro atoms. The lowest BCUT2D eigenvalue weighted by atomic mass is 9.92. The lowest BCUT2D eigenvalue weighted by Gasteiger charge is -2.24. The molecule has 0 bridgehead atoms. The molecule has 14 heavy (non-hydrogen) atoms. The molecule has 1 aromatic heterocycles. The highest BCUT2D eigenvalue weighted by atomic mass is 32.1. The Morgan fingerprint density at radius 2 is 2.00 bits per heavy atom. The number of imidazole rings is 1. The largest absolute Gasteiger partial charge is 0.337 e. The van der Waals surface area contributed by atoms with Crippen LogP contribution in [0.25, 0.3) is 0 Å². The van der Waals surface area contributed by atoms with Gasteiger partial charge in [-0.15, -0.1) is 0 Å². The number of nitrogens with one attached hydrogen (secondary N) is 1. The van der Waals surface area contributed by atoms with Gasteiger partial charge in [-0.25, -0.2) is 0 Å². The summed E-state index contributed by atoms with van der Waals surface area (Å²) in [6, 6.07) is 0. The molecule has 1 aliphatic rings. The number of aromatic amines is 1. The van der Waals surface area contributed by atoms with Gasteiger partial charge in [0.25, 0.3) is 0 Å². The summed E-state index contributed by atoms with van der Waals surface area (Å²) in [4.78, 5) is 3.17. The van der Waals surface area contributed by atoms with Crippen LogP contribution in [0.15, 0.2) is 6.20 Å². The zero-order chi connectivity index (χ0) is 10.6. The van der Waals surface area contributed by atoms with Crippen LogP contribution in [0.2, 0.25) is 0 Å². The van der Waals surface area contributed by atoms with E-state index in [1.54, 1.807) is 0 Å². The monoisotopic (exact) mass is 210 g/mol. The van der Waals surface area contributed by atoms with Gasteiger partial charge in [0.05, 0.1) is 0 Å². The van der Waals surface area contributed by atoms with Crippen LogP contribution in [0.4, 0.5) is 0 Å². The fourth-order valence-corrected chi connectivity index (χ4v) is 2.24. The molecule has 1 heterocycles. The summed E-state index contributed by atoms with van der Waals surface area (Å²) < 4.78 is 3.18. The second-order valence-corrected chi connectivity index (χ2v) is 5.95. The summed E-state index contributed by atoms with van der Waals surface area (Å²) in [6.45, 7) is 8.97. The number of hydrogen-bond donors (Lipinski definition) is 1. The lowest BCUT2D eigenvalue weighted by molar-refractivity contribution is 0.446.